The van der Waals surface area contributed by atoms with E-state index in [2.05, 4.69) is 21.7 Å². The van der Waals surface area contributed by atoms with Crippen molar-refractivity contribution in [1.82, 2.24) is 14.8 Å². The molecule has 0 spiro atoms. The summed E-state index contributed by atoms with van der Waals surface area (Å²) in [5.41, 5.74) is 5.92. The monoisotopic (exact) mass is 222 g/mol. The second-order valence-corrected chi connectivity index (χ2v) is 4.89. The van der Waals surface area contributed by atoms with Gasteiger partial charge in [0, 0.05) is 19.0 Å². The fourth-order valence-corrected chi connectivity index (χ4v) is 2.64. The van der Waals surface area contributed by atoms with Crippen LogP contribution in [0.25, 0.3) is 0 Å². The van der Waals surface area contributed by atoms with Crippen LogP contribution in [0.2, 0.25) is 0 Å². The molecule has 90 valence electrons. The summed E-state index contributed by atoms with van der Waals surface area (Å²) in [5, 5.41) is 8.44. The molecule has 0 bridgehead atoms. The topological polar surface area (TPSA) is 56.7 Å². The highest BCUT2D eigenvalue weighted by Crippen LogP contribution is 2.26. The van der Waals surface area contributed by atoms with Gasteiger partial charge in [0.05, 0.1) is 0 Å². The number of nitrogens with zero attached hydrogens (tertiary/aromatic N) is 3. The molecule has 1 aromatic heterocycles. The van der Waals surface area contributed by atoms with E-state index in [1.807, 2.05) is 6.92 Å². The summed E-state index contributed by atoms with van der Waals surface area (Å²) in [6.07, 6.45) is 5.91. The second kappa shape index (κ2) is 4.95. The molecule has 0 amide bonds. The molecule has 16 heavy (non-hydrogen) atoms. The van der Waals surface area contributed by atoms with Gasteiger partial charge in [-0.1, -0.05) is 0 Å². The zero-order chi connectivity index (χ0) is 11.5. The first-order valence-corrected chi connectivity index (χ1v) is 6.35. The maximum Gasteiger partial charge on any atom is 0.133 e. The van der Waals surface area contributed by atoms with Gasteiger partial charge in [0.15, 0.2) is 0 Å². The van der Waals surface area contributed by atoms with Gasteiger partial charge in [-0.2, -0.15) is 0 Å². The molecule has 0 saturated heterocycles. The predicted octanol–water partition coefficient (Wildman–Crippen LogP) is 1.67. The van der Waals surface area contributed by atoms with E-state index in [9.17, 15) is 0 Å². The maximum absolute atomic E-state index is 5.92. The van der Waals surface area contributed by atoms with E-state index in [0.29, 0.717) is 6.04 Å². The lowest BCUT2D eigenvalue weighted by Crippen LogP contribution is -2.27. The third kappa shape index (κ3) is 2.43. The summed E-state index contributed by atoms with van der Waals surface area (Å²) >= 11 is 0. The largest absolute Gasteiger partial charge is 0.328 e. The molecule has 2 N–H and O–H groups in total. The van der Waals surface area contributed by atoms with Gasteiger partial charge in [-0.15, -0.1) is 10.2 Å². The number of hydrogen-bond acceptors (Lipinski definition) is 3. The van der Waals surface area contributed by atoms with E-state index in [-0.39, 0.29) is 0 Å². The minimum absolute atomic E-state index is 0.432. The average Bonchev–Trinajstić information content (AvgIpc) is 2.63. The van der Waals surface area contributed by atoms with Gasteiger partial charge in [0.1, 0.15) is 11.6 Å². The summed E-state index contributed by atoms with van der Waals surface area (Å²) in [5.74, 6) is 2.94. The van der Waals surface area contributed by atoms with Crippen LogP contribution in [0.1, 0.15) is 44.3 Å². The Hall–Kier alpha value is -0.900. The van der Waals surface area contributed by atoms with Crippen LogP contribution in [-0.2, 0) is 13.0 Å². The number of aryl methyl sites for hydroxylation is 1. The molecular formula is C12H22N4. The number of hydrogen-bond donors (Lipinski definition) is 1. The van der Waals surface area contributed by atoms with Crippen LogP contribution >= 0.6 is 0 Å². The fraction of sp³-hybridized carbons (Fsp3) is 0.833. The minimum Gasteiger partial charge on any atom is -0.328 e. The van der Waals surface area contributed by atoms with Gasteiger partial charge >= 0.3 is 0 Å². The van der Waals surface area contributed by atoms with Crippen molar-refractivity contribution < 1.29 is 0 Å². The quantitative estimate of drug-likeness (QED) is 0.846. The van der Waals surface area contributed by atoms with Gasteiger partial charge in [-0.25, -0.2) is 0 Å². The first kappa shape index (κ1) is 11.6. The molecule has 4 heteroatoms. The zero-order valence-electron chi connectivity index (χ0n) is 10.3. The van der Waals surface area contributed by atoms with E-state index in [4.69, 9.17) is 5.73 Å². The fourth-order valence-electron chi connectivity index (χ4n) is 2.64. The Kier molecular flexibility index (Phi) is 3.59. The molecule has 0 aromatic carbocycles. The summed E-state index contributed by atoms with van der Waals surface area (Å²) < 4.78 is 2.22. The molecular weight excluding hydrogens is 200 g/mol. The zero-order valence-corrected chi connectivity index (χ0v) is 10.3. The molecule has 1 saturated carbocycles. The highest BCUT2D eigenvalue weighted by atomic mass is 15.3. The van der Waals surface area contributed by atoms with Gasteiger partial charge < -0.3 is 10.3 Å². The molecule has 1 heterocycles. The van der Waals surface area contributed by atoms with Crippen LogP contribution in [-0.4, -0.2) is 20.8 Å². The smallest absolute Gasteiger partial charge is 0.133 e. The molecule has 1 aliphatic rings. The lowest BCUT2D eigenvalue weighted by atomic mass is 9.84. The maximum atomic E-state index is 5.92. The second-order valence-electron chi connectivity index (χ2n) is 4.89. The van der Waals surface area contributed by atoms with Crippen molar-refractivity contribution in [2.45, 2.75) is 58.5 Å². The van der Waals surface area contributed by atoms with Crippen molar-refractivity contribution in [3.05, 3.63) is 11.6 Å². The Morgan fingerprint density at radius 2 is 1.94 bits per heavy atom. The molecule has 0 atom stereocenters. The van der Waals surface area contributed by atoms with Crippen molar-refractivity contribution in [1.29, 1.82) is 0 Å². The molecule has 1 fully saturated rings. The Labute approximate surface area is 97.2 Å². The molecule has 4 nitrogen and oxygen atoms in total. The van der Waals surface area contributed by atoms with Crippen LogP contribution in [0.15, 0.2) is 0 Å². The van der Waals surface area contributed by atoms with E-state index >= 15 is 0 Å². The first-order chi connectivity index (χ1) is 7.70. The highest BCUT2D eigenvalue weighted by molar-refractivity contribution is 4.96. The van der Waals surface area contributed by atoms with Gasteiger partial charge in [-0.3, -0.25) is 0 Å². The van der Waals surface area contributed by atoms with Gasteiger partial charge in [0.2, 0.25) is 0 Å². The summed E-state index contributed by atoms with van der Waals surface area (Å²) in [7, 11) is 0. The molecule has 0 unspecified atom stereocenters. The summed E-state index contributed by atoms with van der Waals surface area (Å²) in [6.45, 7) is 5.15. The van der Waals surface area contributed by atoms with E-state index in [0.717, 1.165) is 30.5 Å². The third-order valence-corrected chi connectivity index (χ3v) is 3.69. The van der Waals surface area contributed by atoms with Crippen LogP contribution in [0.5, 0.6) is 0 Å². The van der Waals surface area contributed by atoms with Crippen molar-refractivity contribution in [2.75, 3.05) is 0 Å². The molecule has 0 aliphatic heterocycles. The average molecular weight is 222 g/mol. The van der Waals surface area contributed by atoms with Crippen LogP contribution in [0.3, 0.4) is 0 Å². The van der Waals surface area contributed by atoms with Crippen molar-refractivity contribution >= 4 is 0 Å². The molecule has 2 rings (SSSR count). The van der Waals surface area contributed by atoms with E-state index in [1.54, 1.807) is 0 Å². The lowest BCUT2D eigenvalue weighted by molar-refractivity contribution is 0.318. The summed E-state index contributed by atoms with van der Waals surface area (Å²) in [4.78, 5) is 0. The van der Waals surface area contributed by atoms with Gasteiger partial charge in [-0.05, 0) is 45.4 Å². The van der Waals surface area contributed by atoms with Crippen molar-refractivity contribution in [3.63, 3.8) is 0 Å². The number of rotatable bonds is 3. The highest BCUT2D eigenvalue weighted by Gasteiger charge is 2.21. The Bertz CT molecular complexity index is 337. The Morgan fingerprint density at radius 1 is 1.25 bits per heavy atom. The van der Waals surface area contributed by atoms with E-state index in [1.165, 1.54) is 25.7 Å². The molecule has 1 aliphatic carbocycles. The third-order valence-electron chi connectivity index (χ3n) is 3.69. The number of aromatic nitrogens is 3. The SMILES string of the molecule is CCn1c(C)nnc1CC1CCC(N)CC1. The Morgan fingerprint density at radius 3 is 2.56 bits per heavy atom. The number of nitrogens with two attached hydrogens (primary N) is 1. The van der Waals surface area contributed by atoms with Crippen LogP contribution in [0, 0.1) is 12.8 Å². The normalized spacial score (nSPS) is 25.9. The standard InChI is InChI=1S/C12H22N4/c1-3-16-9(2)14-15-12(16)8-10-4-6-11(13)7-5-10/h10-11H,3-8,13H2,1-2H3. The lowest BCUT2D eigenvalue weighted by Gasteiger charge is -2.25. The Balaban J connectivity index is 1.98. The summed E-state index contributed by atoms with van der Waals surface area (Å²) in [6, 6.07) is 0.432. The van der Waals surface area contributed by atoms with Crippen molar-refractivity contribution in [3.8, 4) is 0 Å². The first-order valence-electron chi connectivity index (χ1n) is 6.35. The van der Waals surface area contributed by atoms with Gasteiger partial charge in [0.25, 0.3) is 0 Å². The predicted molar refractivity (Wildman–Crippen MR) is 64.1 cm³/mol. The van der Waals surface area contributed by atoms with Crippen molar-refractivity contribution in [2.24, 2.45) is 11.7 Å². The van der Waals surface area contributed by atoms with Crippen LogP contribution < -0.4 is 5.73 Å². The van der Waals surface area contributed by atoms with Crippen LogP contribution in [0.4, 0.5) is 0 Å². The van der Waals surface area contributed by atoms with E-state index < -0.39 is 0 Å². The minimum atomic E-state index is 0.432. The molecule has 0 radical (unpaired) electrons. The molecule has 1 aromatic rings.